The fraction of sp³-hybridized carbons (Fsp3) is 0.133. The summed E-state index contributed by atoms with van der Waals surface area (Å²) in [6, 6.07) is 15.0. The van der Waals surface area contributed by atoms with Crippen molar-refractivity contribution in [3.05, 3.63) is 59.7 Å². The van der Waals surface area contributed by atoms with Crippen molar-refractivity contribution in [3.63, 3.8) is 0 Å². The van der Waals surface area contributed by atoms with Gasteiger partial charge in [0.2, 0.25) is 0 Å². The van der Waals surface area contributed by atoms with Gasteiger partial charge in [-0.1, -0.05) is 36.4 Å². The number of para-hydroxylation sites is 1. The Bertz CT molecular complexity index is 728. The maximum Gasteiger partial charge on any atom is 0.280 e. The zero-order valence-electron chi connectivity index (χ0n) is 10.6. The van der Waals surface area contributed by atoms with Gasteiger partial charge in [0.05, 0.1) is 5.52 Å². The molecule has 19 heavy (non-hydrogen) atoms. The van der Waals surface area contributed by atoms with Gasteiger partial charge in [0, 0.05) is 5.56 Å². The molecule has 0 spiro atoms. The molecule has 0 N–H and O–H groups in total. The molecule has 0 aliphatic rings. The highest BCUT2D eigenvalue weighted by Gasteiger charge is 2.13. The Morgan fingerprint density at radius 2 is 1.84 bits per heavy atom. The predicted octanol–water partition coefficient (Wildman–Crippen LogP) is 2.68. The van der Waals surface area contributed by atoms with Crippen molar-refractivity contribution in [1.29, 1.82) is 0 Å². The number of rotatable bonds is 2. The molecule has 2 aromatic carbocycles. The summed E-state index contributed by atoms with van der Waals surface area (Å²) in [5.41, 5.74) is 3.28. The molecule has 0 saturated heterocycles. The molecule has 0 radical (unpaired) electrons. The molecule has 4 heteroatoms. The normalized spacial score (nSPS) is 10.8. The van der Waals surface area contributed by atoms with Crippen molar-refractivity contribution in [2.24, 2.45) is 0 Å². The maximum absolute atomic E-state index is 12.4. The first-order valence-corrected chi connectivity index (χ1v) is 6.23. The van der Waals surface area contributed by atoms with Crippen LogP contribution in [-0.4, -0.2) is 20.9 Å². The molecule has 3 rings (SSSR count). The Morgan fingerprint density at radius 3 is 2.58 bits per heavy atom. The van der Waals surface area contributed by atoms with Crippen LogP contribution < -0.4 is 0 Å². The molecule has 94 valence electrons. The van der Waals surface area contributed by atoms with E-state index >= 15 is 0 Å². The number of aromatic nitrogens is 3. The topological polar surface area (TPSA) is 47.8 Å². The molecule has 0 amide bonds. The molecule has 0 aliphatic carbocycles. The molecular weight excluding hydrogens is 238 g/mol. The lowest BCUT2D eigenvalue weighted by Gasteiger charge is -2.02. The summed E-state index contributed by atoms with van der Waals surface area (Å²) in [4.78, 5) is 12.4. The molecule has 1 aromatic heterocycles. The van der Waals surface area contributed by atoms with Crippen LogP contribution in [0.4, 0.5) is 0 Å². The van der Waals surface area contributed by atoms with Crippen molar-refractivity contribution >= 4 is 16.9 Å². The van der Waals surface area contributed by atoms with Crippen LogP contribution in [0, 0.1) is 0 Å². The third-order valence-corrected chi connectivity index (χ3v) is 3.15. The average Bonchev–Trinajstić information content (AvgIpc) is 2.90. The lowest BCUT2D eigenvalue weighted by molar-refractivity contribution is 0.0948. The van der Waals surface area contributed by atoms with Gasteiger partial charge in [-0.3, -0.25) is 4.79 Å². The van der Waals surface area contributed by atoms with Crippen LogP contribution in [0.25, 0.3) is 11.0 Å². The first-order valence-electron chi connectivity index (χ1n) is 6.23. The van der Waals surface area contributed by atoms with E-state index in [1.54, 1.807) is 0 Å². The van der Waals surface area contributed by atoms with Crippen LogP contribution in [-0.2, 0) is 6.42 Å². The quantitative estimate of drug-likeness (QED) is 0.703. The van der Waals surface area contributed by atoms with Crippen molar-refractivity contribution in [1.82, 2.24) is 15.0 Å². The SMILES string of the molecule is CCc1ccc(C(=O)n2nnc3ccccc32)cc1. The maximum atomic E-state index is 12.4. The van der Waals surface area contributed by atoms with E-state index in [9.17, 15) is 4.79 Å². The molecule has 0 bridgehead atoms. The minimum atomic E-state index is -0.156. The zero-order valence-corrected chi connectivity index (χ0v) is 10.6. The zero-order chi connectivity index (χ0) is 13.2. The van der Waals surface area contributed by atoms with Gasteiger partial charge in [0.1, 0.15) is 5.52 Å². The largest absolute Gasteiger partial charge is 0.280 e. The molecule has 3 aromatic rings. The minimum Gasteiger partial charge on any atom is -0.267 e. The molecule has 0 aliphatic heterocycles. The molecule has 0 fully saturated rings. The third kappa shape index (κ3) is 2.01. The van der Waals surface area contributed by atoms with Gasteiger partial charge >= 0.3 is 0 Å². The summed E-state index contributed by atoms with van der Waals surface area (Å²) < 4.78 is 1.34. The summed E-state index contributed by atoms with van der Waals surface area (Å²) in [5.74, 6) is -0.156. The van der Waals surface area contributed by atoms with E-state index in [1.807, 2.05) is 48.5 Å². The summed E-state index contributed by atoms with van der Waals surface area (Å²) in [7, 11) is 0. The van der Waals surface area contributed by atoms with Crippen LogP contribution in [0.15, 0.2) is 48.5 Å². The number of benzene rings is 2. The highest BCUT2D eigenvalue weighted by molar-refractivity contribution is 6.00. The van der Waals surface area contributed by atoms with Crippen molar-refractivity contribution in [3.8, 4) is 0 Å². The number of fused-ring (bicyclic) bond motifs is 1. The van der Waals surface area contributed by atoms with Crippen molar-refractivity contribution < 1.29 is 4.79 Å². The fourth-order valence-electron chi connectivity index (χ4n) is 2.02. The summed E-state index contributed by atoms with van der Waals surface area (Å²) in [6.45, 7) is 2.09. The van der Waals surface area contributed by atoms with Gasteiger partial charge in [-0.2, -0.15) is 4.68 Å². The van der Waals surface area contributed by atoms with Gasteiger partial charge in [-0.25, -0.2) is 0 Å². The number of carbonyl (C=O) groups is 1. The lowest BCUT2D eigenvalue weighted by Crippen LogP contribution is -2.13. The fourth-order valence-corrected chi connectivity index (χ4v) is 2.02. The Kier molecular flexibility index (Phi) is 2.83. The van der Waals surface area contributed by atoms with Gasteiger partial charge in [-0.15, -0.1) is 5.10 Å². The standard InChI is InChI=1S/C15H13N3O/c1-2-11-7-9-12(10-8-11)15(19)18-14-6-4-3-5-13(14)16-17-18/h3-10H,2H2,1H3. The van der Waals surface area contributed by atoms with Crippen molar-refractivity contribution in [2.45, 2.75) is 13.3 Å². The van der Waals surface area contributed by atoms with E-state index in [-0.39, 0.29) is 5.91 Å². The Morgan fingerprint density at radius 1 is 1.11 bits per heavy atom. The number of hydrogen-bond donors (Lipinski definition) is 0. The second-order valence-electron chi connectivity index (χ2n) is 4.35. The predicted molar refractivity (Wildman–Crippen MR) is 73.1 cm³/mol. The molecular formula is C15H13N3O. The first-order chi connectivity index (χ1) is 9.29. The highest BCUT2D eigenvalue weighted by Crippen LogP contribution is 2.13. The number of nitrogens with zero attached hydrogens (tertiary/aromatic N) is 3. The van der Waals surface area contributed by atoms with E-state index in [0.29, 0.717) is 5.56 Å². The van der Waals surface area contributed by atoms with E-state index in [4.69, 9.17) is 0 Å². The van der Waals surface area contributed by atoms with E-state index < -0.39 is 0 Å². The van der Waals surface area contributed by atoms with Gasteiger partial charge in [0.25, 0.3) is 5.91 Å². The number of hydrogen-bond acceptors (Lipinski definition) is 3. The first kappa shape index (κ1) is 11.6. The van der Waals surface area contributed by atoms with Crippen molar-refractivity contribution in [2.75, 3.05) is 0 Å². The lowest BCUT2D eigenvalue weighted by atomic mass is 10.1. The smallest absolute Gasteiger partial charge is 0.267 e. The van der Waals surface area contributed by atoms with Gasteiger partial charge in [0.15, 0.2) is 0 Å². The molecule has 1 heterocycles. The van der Waals surface area contributed by atoms with Crippen LogP contribution in [0.2, 0.25) is 0 Å². The molecule has 0 unspecified atom stereocenters. The highest BCUT2D eigenvalue weighted by atomic mass is 16.2. The second kappa shape index (κ2) is 4.65. The third-order valence-electron chi connectivity index (χ3n) is 3.15. The average molecular weight is 251 g/mol. The van der Waals surface area contributed by atoms with Crippen LogP contribution in [0.5, 0.6) is 0 Å². The van der Waals surface area contributed by atoms with E-state index in [2.05, 4.69) is 17.2 Å². The summed E-state index contributed by atoms with van der Waals surface area (Å²) in [6.07, 6.45) is 0.959. The number of carbonyl (C=O) groups excluding carboxylic acids is 1. The van der Waals surface area contributed by atoms with Crippen LogP contribution >= 0.6 is 0 Å². The van der Waals surface area contributed by atoms with Gasteiger partial charge in [-0.05, 0) is 36.2 Å². The molecule has 0 saturated carbocycles. The summed E-state index contributed by atoms with van der Waals surface area (Å²) in [5, 5.41) is 7.92. The van der Waals surface area contributed by atoms with Crippen LogP contribution in [0.1, 0.15) is 22.8 Å². The number of aryl methyl sites for hydroxylation is 1. The Hall–Kier alpha value is -2.49. The van der Waals surface area contributed by atoms with Gasteiger partial charge < -0.3 is 0 Å². The van der Waals surface area contributed by atoms with E-state index in [1.165, 1.54) is 10.2 Å². The summed E-state index contributed by atoms with van der Waals surface area (Å²) >= 11 is 0. The second-order valence-corrected chi connectivity index (χ2v) is 4.35. The molecule has 0 atom stereocenters. The molecule has 4 nitrogen and oxygen atoms in total. The monoisotopic (exact) mass is 251 g/mol. The van der Waals surface area contributed by atoms with E-state index in [0.717, 1.165) is 17.5 Å². The van der Waals surface area contributed by atoms with Crippen LogP contribution in [0.3, 0.4) is 0 Å². The Balaban J connectivity index is 2.03. The Labute approximate surface area is 110 Å². The minimum absolute atomic E-state index is 0.156.